The van der Waals surface area contributed by atoms with E-state index >= 15 is 0 Å². The number of aromatic hydroxyl groups is 1. The van der Waals surface area contributed by atoms with Gasteiger partial charge in [0.1, 0.15) is 5.75 Å². The first-order valence-corrected chi connectivity index (χ1v) is 12.4. The summed E-state index contributed by atoms with van der Waals surface area (Å²) < 4.78 is 27.4. The Balaban J connectivity index is 1.84. The molecular formula is C23H30N2O7S. The third kappa shape index (κ3) is 7.16. The molecule has 1 aliphatic rings. The maximum atomic E-state index is 13.3. The molecule has 0 radical (unpaired) electrons. The summed E-state index contributed by atoms with van der Waals surface area (Å²) in [5, 5.41) is 32.0. The molecule has 0 aliphatic heterocycles. The molecule has 1 aliphatic carbocycles. The first-order valence-electron chi connectivity index (χ1n) is 11.0. The molecule has 0 saturated heterocycles. The molecule has 180 valence electrons. The molecule has 2 aromatic carbocycles. The number of nitrogens with zero attached hydrogens (tertiary/aromatic N) is 1. The highest BCUT2D eigenvalue weighted by molar-refractivity contribution is 7.89. The number of phenols is 1. The van der Waals surface area contributed by atoms with Gasteiger partial charge in [-0.05, 0) is 49.1 Å². The number of benzene rings is 2. The fraction of sp³-hybridized carbons (Fsp3) is 0.435. The van der Waals surface area contributed by atoms with E-state index in [1.807, 2.05) is 6.07 Å². The minimum Gasteiger partial charge on any atom is -0.508 e. The molecule has 0 spiro atoms. The monoisotopic (exact) mass is 478 g/mol. The summed E-state index contributed by atoms with van der Waals surface area (Å²) >= 11 is 0. The van der Waals surface area contributed by atoms with E-state index in [1.54, 1.807) is 24.3 Å². The second kappa shape index (κ2) is 11.5. The Labute approximate surface area is 193 Å². The normalized spacial score (nSPS) is 16.9. The van der Waals surface area contributed by atoms with Crippen LogP contribution >= 0.6 is 0 Å². The summed E-state index contributed by atoms with van der Waals surface area (Å²) in [5.41, 5.74) is 0.788. The minimum absolute atomic E-state index is 0.0812. The summed E-state index contributed by atoms with van der Waals surface area (Å²) in [4.78, 5) is 17.1. The minimum atomic E-state index is -4.18. The van der Waals surface area contributed by atoms with E-state index < -0.39 is 34.8 Å². The van der Waals surface area contributed by atoms with Crippen LogP contribution < -0.4 is 5.32 Å². The van der Waals surface area contributed by atoms with Crippen molar-refractivity contribution < 1.29 is 33.4 Å². The van der Waals surface area contributed by atoms with Crippen molar-refractivity contribution in [1.29, 1.82) is 0 Å². The highest BCUT2D eigenvalue weighted by Gasteiger charge is 2.34. The molecule has 33 heavy (non-hydrogen) atoms. The van der Waals surface area contributed by atoms with E-state index in [-0.39, 0.29) is 23.2 Å². The Morgan fingerprint density at radius 3 is 2.30 bits per heavy atom. The number of sulfonamides is 1. The number of carbonyl (C=O) groups is 1. The first kappa shape index (κ1) is 25.0. The van der Waals surface area contributed by atoms with Gasteiger partial charge < -0.3 is 20.6 Å². The number of rotatable bonds is 10. The lowest BCUT2D eigenvalue weighted by Crippen LogP contribution is -2.50. The Bertz CT molecular complexity index is 993. The number of aliphatic hydroxyl groups is 1. The SMILES string of the molecule is O=C(O)NC(Cc1ccccc1)[C@@H](O)CN(OC1CCCCC1)S(=O)(=O)c1ccc(O)cc1. The zero-order valence-electron chi connectivity index (χ0n) is 18.2. The van der Waals surface area contributed by atoms with Crippen molar-refractivity contribution in [3.05, 3.63) is 60.2 Å². The van der Waals surface area contributed by atoms with Gasteiger partial charge in [0.15, 0.2) is 0 Å². The second-order valence-electron chi connectivity index (χ2n) is 8.16. The molecule has 2 atom stereocenters. The predicted molar refractivity (Wildman–Crippen MR) is 121 cm³/mol. The number of hydroxylamine groups is 1. The number of carboxylic acid groups (broad SMARTS) is 1. The van der Waals surface area contributed by atoms with Crippen LogP contribution in [0.25, 0.3) is 0 Å². The lowest BCUT2D eigenvalue weighted by Gasteiger charge is -2.32. The largest absolute Gasteiger partial charge is 0.508 e. The zero-order chi connectivity index (χ0) is 23.8. The summed E-state index contributed by atoms with van der Waals surface area (Å²) in [5.74, 6) is -0.0812. The molecular weight excluding hydrogens is 448 g/mol. The Hall–Kier alpha value is -2.66. The van der Waals surface area contributed by atoms with Crippen LogP contribution in [-0.4, -0.2) is 59.1 Å². The zero-order valence-corrected chi connectivity index (χ0v) is 19.0. The fourth-order valence-electron chi connectivity index (χ4n) is 3.86. The lowest BCUT2D eigenvalue weighted by molar-refractivity contribution is -0.156. The molecule has 4 N–H and O–H groups in total. The van der Waals surface area contributed by atoms with Crippen molar-refractivity contribution in [2.75, 3.05) is 6.54 Å². The molecule has 1 fully saturated rings. The van der Waals surface area contributed by atoms with E-state index in [1.165, 1.54) is 24.3 Å². The molecule has 2 aromatic rings. The van der Waals surface area contributed by atoms with Crippen molar-refractivity contribution in [2.45, 2.75) is 61.7 Å². The predicted octanol–water partition coefficient (Wildman–Crippen LogP) is 2.89. The van der Waals surface area contributed by atoms with Crippen LogP contribution in [0.3, 0.4) is 0 Å². The molecule has 0 aromatic heterocycles. The van der Waals surface area contributed by atoms with Crippen LogP contribution in [-0.2, 0) is 21.3 Å². The quantitative estimate of drug-likeness (QED) is 0.386. The average Bonchev–Trinajstić information content (AvgIpc) is 2.79. The maximum Gasteiger partial charge on any atom is 0.404 e. The van der Waals surface area contributed by atoms with Crippen LogP contribution in [0.15, 0.2) is 59.5 Å². The molecule has 1 amide bonds. The fourth-order valence-corrected chi connectivity index (χ4v) is 5.16. The van der Waals surface area contributed by atoms with E-state index in [0.717, 1.165) is 29.3 Å². The van der Waals surface area contributed by atoms with Crippen molar-refractivity contribution in [2.24, 2.45) is 0 Å². The Kier molecular flexibility index (Phi) is 8.67. The molecule has 0 bridgehead atoms. The number of hydrogen-bond donors (Lipinski definition) is 4. The van der Waals surface area contributed by atoms with E-state index in [4.69, 9.17) is 4.84 Å². The molecule has 10 heteroatoms. The second-order valence-corrected chi connectivity index (χ2v) is 9.99. The molecule has 0 heterocycles. The topological polar surface area (TPSA) is 136 Å². The van der Waals surface area contributed by atoms with Gasteiger partial charge in [-0.25, -0.2) is 13.2 Å². The maximum absolute atomic E-state index is 13.3. The summed E-state index contributed by atoms with van der Waals surface area (Å²) in [6.45, 7) is -0.461. The van der Waals surface area contributed by atoms with Gasteiger partial charge in [0.25, 0.3) is 10.0 Å². The van der Waals surface area contributed by atoms with E-state index in [2.05, 4.69) is 5.32 Å². The molecule has 9 nitrogen and oxygen atoms in total. The van der Waals surface area contributed by atoms with Crippen LogP contribution in [0, 0.1) is 0 Å². The molecule has 1 saturated carbocycles. The number of amides is 1. The number of nitrogens with one attached hydrogen (secondary N) is 1. The van der Waals surface area contributed by atoms with Gasteiger partial charge in [-0.3, -0.25) is 4.84 Å². The Morgan fingerprint density at radius 2 is 1.70 bits per heavy atom. The van der Waals surface area contributed by atoms with Gasteiger partial charge in [0.05, 0.1) is 29.7 Å². The van der Waals surface area contributed by atoms with Gasteiger partial charge in [-0.1, -0.05) is 54.1 Å². The van der Waals surface area contributed by atoms with Gasteiger partial charge in [-0.15, -0.1) is 0 Å². The molecule has 1 unspecified atom stereocenters. The van der Waals surface area contributed by atoms with Crippen molar-refractivity contribution in [3.63, 3.8) is 0 Å². The standard InChI is InChI=1S/C23H30N2O7S/c26-18-11-13-20(14-12-18)33(30,31)25(32-19-9-5-2-6-10-19)16-22(27)21(24-23(28)29)15-17-7-3-1-4-8-17/h1,3-4,7-8,11-14,19,21-22,24,26-27H,2,5-6,9-10,15-16H2,(H,28,29)/t21?,22-/m0/s1. The highest BCUT2D eigenvalue weighted by atomic mass is 32.2. The van der Waals surface area contributed by atoms with Crippen LogP contribution in [0.5, 0.6) is 5.75 Å². The average molecular weight is 479 g/mol. The van der Waals surface area contributed by atoms with Crippen molar-refractivity contribution in [1.82, 2.24) is 9.79 Å². The smallest absolute Gasteiger partial charge is 0.404 e. The summed E-state index contributed by atoms with van der Waals surface area (Å²) in [6, 6.07) is 13.1. The van der Waals surface area contributed by atoms with Crippen molar-refractivity contribution in [3.8, 4) is 5.75 Å². The summed E-state index contributed by atoms with van der Waals surface area (Å²) in [6.07, 6.45) is 1.41. The number of hydrogen-bond acceptors (Lipinski definition) is 6. The first-order chi connectivity index (χ1) is 15.8. The molecule has 3 rings (SSSR count). The van der Waals surface area contributed by atoms with Gasteiger partial charge in [0, 0.05) is 0 Å². The summed E-state index contributed by atoms with van der Waals surface area (Å²) in [7, 11) is -4.18. The van der Waals surface area contributed by atoms with Gasteiger partial charge >= 0.3 is 6.09 Å². The highest BCUT2D eigenvalue weighted by Crippen LogP contribution is 2.26. The third-order valence-corrected chi connectivity index (χ3v) is 7.27. The van der Waals surface area contributed by atoms with Crippen molar-refractivity contribution >= 4 is 16.1 Å². The van der Waals surface area contributed by atoms with E-state index in [0.29, 0.717) is 12.8 Å². The van der Waals surface area contributed by atoms with E-state index in [9.17, 15) is 28.5 Å². The van der Waals surface area contributed by atoms with Crippen LogP contribution in [0.1, 0.15) is 37.7 Å². The lowest BCUT2D eigenvalue weighted by atomic mass is 9.98. The Morgan fingerprint density at radius 1 is 1.06 bits per heavy atom. The third-order valence-electron chi connectivity index (χ3n) is 5.63. The number of phenolic OH excluding ortho intramolecular Hbond substituents is 1. The number of aliphatic hydroxyl groups excluding tert-OH is 1. The van der Waals surface area contributed by atoms with Crippen LogP contribution in [0.4, 0.5) is 4.79 Å². The van der Waals surface area contributed by atoms with Gasteiger partial charge in [0.2, 0.25) is 0 Å². The van der Waals surface area contributed by atoms with Crippen LogP contribution in [0.2, 0.25) is 0 Å². The van der Waals surface area contributed by atoms with Gasteiger partial charge in [-0.2, -0.15) is 0 Å².